The quantitative estimate of drug-likeness (QED) is 0.904. The molecule has 2 saturated heterocycles. The molecule has 23 heavy (non-hydrogen) atoms. The zero-order valence-corrected chi connectivity index (χ0v) is 13.4. The van der Waals surface area contributed by atoms with E-state index < -0.39 is 12.0 Å². The zero-order valence-electron chi connectivity index (χ0n) is 13.4. The minimum atomic E-state index is -0.470. The third-order valence-corrected chi connectivity index (χ3v) is 5.18. The van der Waals surface area contributed by atoms with Gasteiger partial charge in [0.1, 0.15) is 6.61 Å². The van der Waals surface area contributed by atoms with Gasteiger partial charge in [-0.2, -0.15) is 0 Å². The molecule has 0 bridgehead atoms. The molecule has 1 atom stereocenters. The number of piperidine rings is 1. The molecule has 2 heterocycles. The van der Waals surface area contributed by atoms with E-state index in [1.165, 1.54) is 5.56 Å². The lowest BCUT2D eigenvalue weighted by Crippen LogP contribution is -2.51. The van der Waals surface area contributed by atoms with E-state index in [1.807, 2.05) is 23.1 Å². The van der Waals surface area contributed by atoms with Crippen LogP contribution in [0, 0.1) is 5.41 Å². The molecule has 0 aromatic heterocycles. The van der Waals surface area contributed by atoms with Crippen LogP contribution in [-0.4, -0.2) is 59.5 Å². The van der Waals surface area contributed by atoms with E-state index in [4.69, 9.17) is 5.11 Å². The number of aliphatic hydroxyl groups excluding tert-OH is 1. The topological polar surface area (TPSA) is 60.9 Å². The molecule has 2 fully saturated rings. The third kappa shape index (κ3) is 3.24. The summed E-state index contributed by atoms with van der Waals surface area (Å²) >= 11 is 0. The summed E-state index contributed by atoms with van der Waals surface area (Å²) in [4.78, 5) is 28.2. The number of carbonyl (C=O) groups excluding carboxylic acids is 2. The molecular formula is C18H24N2O3. The summed E-state index contributed by atoms with van der Waals surface area (Å²) in [6, 6.07) is 10.2. The Morgan fingerprint density at radius 1 is 1.17 bits per heavy atom. The second kappa shape index (κ2) is 6.71. The van der Waals surface area contributed by atoms with Gasteiger partial charge in [0.05, 0.1) is 5.41 Å². The van der Waals surface area contributed by atoms with Crippen LogP contribution in [0.5, 0.6) is 0 Å². The fraction of sp³-hybridized carbons (Fsp3) is 0.556. The molecular weight excluding hydrogens is 292 g/mol. The summed E-state index contributed by atoms with van der Waals surface area (Å²) in [5.41, 5.74) is 0.822. The number of rotatable bonds is 4. The molecule has 0 radical (unpaired) electrons. The first-order valence-corrected chi connectivity index (χ1v) is 8.37. The maximum atomic E-state index is 13.0. The van der Waals surface area contributed by atoms with Crippen molar-refractivity contribution in [2.45, 2.75) is 25.7 Å². The molecule has 124 valence electrons. The third-order valence-electron chi connectivity index (χ3n) is 5.18. The van der Waals surface area contributed by atoms with Crippen LogP contribution in [0.25, 0.3) is 0 Å². The highest BCUT2D eigenvalue weighted by Crippen LogP contribution is 2.40. The van der Waals surface area contributed by atoms with E-state index in [9.17, 15) is 9.59 Å². The van der Waals surface area contributed by atoms with Crippen LogP contribution >= 0.6 is 0 Å². The summed E-state index contributed by atoms with van der Waals surface area (Å²) in [6.07, 6.45) is 3.42. The summed E-state index contributed by atoms with van der Waals surface area (Å²) in [6.45, 7) is 2.12. The lowest BCUT2D eigenvalue weighted by atomic mass is 9.78. The molecule has 2 aliphatic rings. The number of hydrogen-bond acceptors (Lipinski definition) is 3. The van der Waals surface area contributed by atoms with Crippen LogP contribution in [-0.2, 0) is 16.0 Å². The van der Waals surface area contributed by atoms with E-state index in [0.29, 0.717) is 13.1 Å². The summed E-state index contributed by atoms with van der Waals surface area (Å²) in [5, 5.41) is 9.02. The van der Waals surface area contributed by atoms with E-state index >= 15 is 0 Å². The molecule has 1 aromatic carbocycles. The molecule has 0 unspecified atom stereocenters. The standard InChI is InChI=1S/C18H24N2O3/c21-13-16(22)20-12-9-18(14-20)8-4-10-19(17(18)23)11-7-15-5-2-1-3-6-15/h1-3,5-6,21H,4,7-14H2/t18-/m1/s1. The van der Waals surface area contributed by atoms with Crippen molar-refractivity contribution in [1.82, 2.24) is 9.80 Å². The number of benzene rings is 1. The van der Waals surface area contributed by atoms with Crippen molar-refractivity contribution < 1.29 is 14.7 Å². The molecule has 1 N–H and O–H groups in total. The molecule has 2 aliphatic heterocycles. The Morgan fingerprint density at radius 2 is 1.96 bits per heavy atom. The van der Waals surface area contributed by atoms with Gasteiger partial charge in [0.25, 0.3) is 0 Å². The predicted molar refractivity (Wildman–Crippen MR) is 86.7 cm³/mol. The average Bonchev–Trinajstić information content (AvgIpc) is 3.02. The largest absolute Gasteiger partial charge is 0.387 e. The van der Waals surface area contributed by atoms with Crippen molar-refractivity contribution in [3.63, 3.8) is 0 Å². The Bertz CT molecular complexity index is 575. The van der Waals surface area contributed by atoms with E-state index in [2.05, 4.69) is 12.1 Å². The highest BCUT2D eigenvalue weighted by atomic mass is 16.3. The molecule has 0 aliphatic carbocycles. The van der Waals surface area contributed by atoms with Gasteiger partial charge in [-0.3, -0.25) is 9.59 Å². The van der Waals surface area contributed by atoms with Crippen LogP contribution in [0.2, 0.25) is 0 Å². The number of carbonyl (C=O) groups is 2. The van der Waals surface area contributed by atoms with Gasteiger partial charge in [-0.1, -0.05) is 30.3 Å². The lowest BCUT2D eigenvalue weighted by molar-refractivity contribution is -0.146. The van der Waals surface area contributed by atoms with Gasteiger partial charge < -0.3 is 14.9 Å². The van der Waals surface area contributed by atoms with Gasteiger partial charge in [-0.05, 0) is 31.2 Å². The minimum Gasteiger partial charge on any atom is -0.387 e. The van der Waals surface area contributed by atoms with Crippen molar-refractivity contribution in [3.8, 4) is 0 Å². The second-order valence-electron chi connectivity index (χ2n) is 6.64. The van der Waals surface area contributed by atoms with Gasteiger partial charge in [-0.15, -0.1) is 0 Å². The normalized spacial score (nSPS) is 24.5. The minimum absolute atomic E-state index is 0.188. The monoisotopic (exact) mass is 316 g/mol. The number of hydrogen-bond donors (Lipinski definition) is 1. The molecule has 1 aromatic rings. The Morgan fingerprint density at radius 3 is 2.70 bits per heavy atom. The number of aliphatic hydroxyl groups is 1. The van der Waals surface area contributed by atoms with Gasteiger partial charge >= 0.3 is 0 Å². The molecule has 5 heteroatoms. The molecule has 5 nitrogen and oxygen atoms in total. The summed E-state index contributed by atoms with van der Waals surface area (Å²) < 4.78 is 0. The smallest absolute Gasteiger partial charge is 0.248 e. The predicted octanol–water partition coefficient (Wildman–Crippen LogP) is 1.06. The van der Waals surface area contributed by atoms with Crippen LogP contribution in [0.15, 0.2) is 30.3 Å². The van der Waals surface area contributed by atoms with Crippen LogP contribution in [0.3, 0.4) is 0 Å². The number of amides is 2. The second-order valence-corrected chi connectivity index (χ2v) is 6.64. The average molecular weight is 316 g/mol. The first-order valence-electron chi connectivity index (χ1n) is 8.37. The van der Waals surface area contributed by atoms with Gasteiger partial charge in [0.15, 0.2) is 0 Å². The SMILES string of the molecule is O=C(CO)N1CC[C@]2(CCCN(CCc3ccccc3)C2=O)C1. The van der Waals surface area contributed by atoms with Gasteiger partial charge in [0, 0.05) is 26.2 Å². The maximum Gasteiger partial charge on any atom is 0.248 e. The van der Waals surface area contributed by atoms with Gasteiger partial charge in [-0.25, -0.2) is 0 Å². The van der Waals surface area contributed by atoms with Crippen LogP contribution in [0.1, 0.15) is 24.8 Å². The highest BCUT2D eigenvalue weighted by Gasteiger charge is 2.49. The van der Waals surface area contributed by atoms with Crippen LogP contribution < -0.4 is 0 Å². The fourth-order valence-electron chi connectivity index (χ4n) is 3.84. The molecule has 2 amide bonds. The Hall–Kier alpha value is -1.88. The van der Waals surface area contributed by atoms with E-state index in [0.717, 1.165) is 38.8 Å². The van der Waals surface area contributed by atoms with Gasteiger partial charge in [0.2, 0.25) is 11.8 Å². The Labute approximate surface area is 136 Å². The van der Waals surface area contributed by atoms with Crippen molar-refractivity contribution in [3.05, 3.63) is 35.9 Å². The van der Waals surface area contributed by atoms with E-state index in [-0.39, 0.29) is 11.8 Å². The van der Waals surface area contributed by atoms with Crippen molar-refractivity contribution in [2.24, 2.45) is 5.41 Å². The first-order chi connectivity index (χ1) is 11.1. The molecule has 3 rings (SSSR count). The van der Waals surface area contributed by atoms with Crippen molar-refractivity contribution in [2.75, 3.05) is 32.8 Å². The zero-order chi connectivity index (χ0) is 16.3. The number of nitrogens with zero attached hydrogens (tertiary/aromatic N) is 2. The molecule has 1 spiro atoms. The molecule has 0 saturated carbocycles. The Kier molecular flexibility index (Phi) is 4.66. The maximum absolute atomic E-state index is 13.0. The fourth-order valence-corrected chi connectivity index (χ4v) is 3.84. The highest BCUT2D eigenvalue weighted by molar-refractivity contribution is 5.86. The van der Waals surface area contributed by atoms with Crippen LogP contribution in [0.4, 0.5) is 0 Å². The lowest BCUT2D eigenvalue weighted by Gasteiger charge is -2.39. The first kappa shape index (κ1) is 16.0. The van der Waals surface area contributed by atoms with Crippen molar-refractivity contribution >= 4 is 11.8 Å². The Balaban J connectivity index is 1.63. The summed E-state index contributed by atoms with van der Waals surface area (Å²) in [5.74, 6) is -0.0796. The number of likely N-dealkylation sites (tertiary alicyclic amines) is 2. The summed E-state index contributed by atoms with van der Waals surface area (Å²) in [7, 11) is 0. The van der Waals surface area contributed by atoms with E-state index in [1.54, 1.807) is 4.90 Å². The van der Waals surface area contributed by atoms with Crippen molar-refractivity contribution in [1.29, 1.82) is 0 Å².